The molecule has 2 heterocycles. The summed E-state index contributed by atoms with van der Waals surface area (Å²) in [5.74, 6) is 0.156. The van der Waals surface area contributed by atoms with E-state index in [1.165, 1.54) is 17.1 Å². The third-order valence-corrected chi connectivity index (χ3v) is 8.23. The lowest BCUT2D eigenvalue weighted by atomic mass is 9.85. The summed E-state index contributed by atoms with van der Waals surface area (Å²) in [6, 6.07) is 17.5. The van der Waals surface area contributed by atoms with Gasteiger partial charge < -0.3 is 29.6 Å². The molecule has 0 bridgehead atoms. The van der Waals surface area contributed by atoms with E-state index in [1.807, 2.05) is 49.5 Å². The van der Waals surface area contributed by atoms with Crippen LogP contribution in [0.3, 0.4) is 0 Å². The van der Waals surface area contributed by atoms with E-state index in [0.717, 1.165) is 46.3 Å². The number of hydrogen-bond acceptors (Lipinski definition) is 9. The number of aromatic nitrogens is 2. The second-order valence-electron chi connectivity index (χ2n) is 12.9. The topological polar surface area (TPSA) is 115 Å². The standard InChI is InChI=1S/C38H47N5O5/c1-26(45)48-25-33-32(9-8-10-35(33)42(5)17-15-28-19-31(38(2,3)4)13-12-29(28)24-44)30-20-34(37(46)43(6)23-30)41-36-14-11-27(22-40-36)21-39-16-18-47-7/h8-14,19-20,22-24,39H,15-18,21,25H2,1-7H3,(H,40,41). The summed E-state index contributed by atoms with van der Waals surface area (Å²) in [6.07, 6.45) is 5.10. The zero-order chi connectivity index (χ0) is 34.8. The Bertz CT molecular complexity index is 1780. The molecule has 4 aromatic rings. The Hall–Kier alpha value is -4.80. The second kappa shape index (κ2) is 16.3. The zero-order valence-electron chi connectivity index (χ0n) is 29.1. The Balaban J connectivity index is 1.64. The van der Waals surface area contributed by atoms with Crippen molar-refractivity contribution >= 4 is 29.4 Å². The largest absolute Gasteiger partial charge is 0.461 e. The van der Waals surface area contributed by atoms with Crippen LogP contribution in [0.1, 0.15) is 60.3 Å². The van der Waals surface area contributed by atoms with Crippen molar-refractivity contribution in [3.63, 3.8) is 0 Å². The van der Waals surface area contributed by atoms with E-state index in [1.54, 1.807) is 32.6 Å². The highest BCUT2D eigenvalue weighted by Gasteiger charge is 2.19. The van der Waals surface area contributed by atoms with Crippen molar-refractivity contribution < 1.29 is 19.1 Å². The van der Waals surface area contributed by atoms with E-state index in [9.17, 15) is 14.4 Å². The first-order valence-electron chi connectivity index (χ1n) is 16.1. The first-order valence-corrected chi connectivity index (χ1v) is 16.1. The molecule has 0 amide bonds. The predicted molar refractivity (Wildman–Crippen MR) is 191 cm³/mol. The number of aldehydes is 1. The molecule has 2 N–H and O–H groups in total. The van der Waals surface area contributed by atoms with Crippen LogP contribution in [-0.2, 0) is 46.3 Å². The van der Waals surface area contributed by atoms with Crippen LogP contribution in [0, 0.1) is 0 Å². The van der Waals surface area contributed by atoms with Gasteiger partial charge in [0.25, 0.3) is 5.56 Å². The lowest BCUT2D eigenvalue weighted by Crippen LogP contribution is -2.23. The highest BCUT2D eigenvalue weighted by Crippen LogP contribution is 2.33. The Kier molecular flexibility index (Phi) is 12.3. The maximum Gasteiger partial charge on any atom is 0.302 e. The summed E-state index contributed by atoms with van der Waals surface area (Å²) in [6.45, 7) is 10.5. The number of esters is 1. The summed E-state index contributed by atoms with van der Waals surface area (Å²) in [4.78, 5) is 43.7. The first kappa shape index (κ1) is 36.0. The SMILES string of the molecule is COCCNCc1ccc(Nc2cc(-c3cccc(N(C)CCc4cc(C(C)(C)C)ccc4C=O)c3COC(C)=O)cn(C)c2=O)nc1. The smallest absolute Gasteiger partial charge is 0.302 e. The Morgan fingerprint density at radius 2 is 1.90 bits per heavy atom. The number of benzene rings is 2. The zero-order valence-corrected chi connectivity index (χ0v) is 29.1. The van der Waals surface area contributed by atoms with Crippen molar-refractivity contribution in [3.8, 4) is 11.1 Å². The van der Waals surface area contributed by atoms with Crippen LogP contribution in [0.25, 0.3) is 11.1 Å². The van der Waals surface area contributed by atoms with Gasteiger partial charge in [-0.3, -0.25) is 14.4 Å². The van der Waals surface area contributed by atoms with Gasteiger partial charge in [0.05, 0.1) is 6.61 Å². The van der Waals surface area contributed by atoms with Crippen LogP contribution in [0.5, 0.6) is 0 Å². The lowest BCUT2D eigenvalue weighted by molar-refractivity contribution is -0.142. The molecular weight excluding hydrogens is 606 g/mol. The van der Waals surface area contributed by atoms with Crippen LogP contribution < -0.4 is 21.1 Å². The minimum atomic E-state index is -0.390. The molecule has 0 atom stereocenters. The lowest BCUT2D eigenvalue weighted by Gasteiger charge is -2.26. The van der Waals surface area contributed by atoms with Gasteiger partial charge in [-0.15, -0.1) is 0 Å². The molecule has 0 aliphatic rings. The second-order valence-corrected chi connectivity index (χ2v) is 12.9. The van der Waals surface area contributed by atoms with Crippen molar-refractivity contribution in [2.24, 2.45) is 7.05 Å². The summed E-state index contributed by atoms with van der Waals surface area (Å²) < 4.78 is 12.1. The van der Waals surface area contributed by atoms with Crippen LogP contribution in [0.2, 0.25) is 0 Å². The predicted octanol–water partition coefficient (Wildman–Crippen LogP) is 5.78. The van der Waals surface area contributed by atoms with E-state index in [4.69, 9.17) is 9.47 Å². The summed E-state index contributed by atoms with van der Waals surface area (Å²) in [5.41, 5.74) is 7.26. The van der Waals surface area contributed by atoms with Crippen molar-refractivity contribution in [1.82, 2.24) is 14.9 Å². The van der Waals surface area contributed by atoms with Gasteiger partial charge in [-0.1, -0.05) is 57.2 Å². The van der Waals surface area contributed by atoms with Crippen molar-refractivity contribution in [3.05, 3.63) is 105 Å². The van der Waals surface area contributed by atoms with Crippen molar-refractivity contribution in [2.75, 3.05) is 44.1 Å². The van der Waals surface area contributed by atoms with Gasteiger partial charge >= 0.3 is 5.97 Å². The number of nitrogens with one attached hydrogen (secondary N) is 2. The van der Waals surface area contributed by atoms with Gasteiger partial charge in [0.2, 0.25) is 0 Å². The maximum atomic E-state index is 13.2. The molecule has 0 aliphatic heterocycles. The molecule has 0 unspecified atom stereocenters. The van der Waals surface area contributed by atoms with Crippen molar-refractivity contribution in [1.29, 1.82) is 0 Å². The van der Waals surface area contributed by atoms with Gasteiger partial charge in [-0.25, -0.2) is 4.98 Å². The number of ether oxygens (including phenoxy) is 2. The highest BCUT2D eigenvalue weighted by molar-refractivity contribution is 5.78. The molecule has 0 spiro atoms. The monoisotopic (exact) mass is 653 g/mol. The fraction of sp³-hybridized carbons (Fsp3) is 0.368. The Morgan fingerprint density at radius 3 is 2.56 bits per heavy atom. The number of carbonyl (C=O) groups is 2. The first-order chi connectivity index (χ1) is 22.9. The third-order valence-electron chi connectivity index (χ3n) is 8.23. The molecule has 48 heavy (non-hydrogen) atoms. The molecular formula is C38H47N5O5. The average molecular weight is 654 g/mol. The normalized spacial score (nSPS) is 11.3. The fourth-order valence-corrected chi connectivity index (χ4v) is 5.44. The Labute approximate surface area is 283 Å². The third kappa shape index (κ3) is 9.39. The maximum absolute atomic E-state index is 13.2. The van der Waals surface area contributed by atoms with Crippen LogP contribution in [0.4, 0.5) is 17.2 Å². The molecule has 0 saturated heterocycles. The number of likely N-dealkylation sites (N-methyl/N-ethyl adjacent to an activating group) is 1. The number of anilines is 3. The molecule has 2 aromatic heterocycles. The molecule has 2 aromatic carbocycles. The van der Waals surface area contributed by atoms with Crippen LogP contribution in [-0.4, -0.2) is 55.7 Å². The summed E-state index contributed by atoms with van der Waals surface area (Å²) >= 11 is 0. The van der Waals surface area contributed by atoms with Gasteiger partial charge in [0.15, 0.2) is 0 Å². The number of methoxy groups -OCH3 is 1. The van der Waals surface area contributed by atoms with Gasteiger partial charge in [0.1, 0.15) is 24.4 Å². The van der Waals surface area contributed by atoms with Crippen LogP contribution in [0.15, 0.2) is 71.8 Å². The minimum Gasteiger partial charge on any atom is -0.461 e. The molecule has 0 saturated carbocycles. The van der Waals surface area contributed by atoms with E-state index in [-0.39, 0.29) is 23.6 Å². The molecule has 0 radical (unpaired) electrons. The van der Waals surface area contributed by atoms with Gasteiger partial charge in [-0.2, -0.15) is 0 Å². The molecule has 0 aliphatic carbocycles. The average Bonchev–Trinajstić information content (AvgIpc) is 3.06. The Morgan fingerprint density at radius 1 is 1.10 bits per heavy atom. The molecule has 254 valence electrons. The van der Waals surface area contributed by atoms with Gasteiger partial charge in [-0.05, 0) is 52.3 Å². The molecule has 10 heteroatoms. The molecule has 0 fully saturated rings. The number of aryl methyl sites for hydroxylation is 1. The highest BCUT2D eigenvalue weighted by atomic mass is 16.5. The minimum absolute atomic E-state index is 0.0435. The number of rotatable bonds is 15. The number of hydrogen-bond donors (Lipinski definition) is 2. The number of pyridine rings is 2. The quantitative estimate of drug-likeness (QED) is 0.0937. The van der Waals surface area contributed by atoms with Crippen molar-refractivity contribution in [2.45, 2.75) is 52.7 Å². The summed E-state index contributed by atoms with van der Waals surface area (Å²) in [7, 11) is 5.36. The van der Waals surface area contributed by atoms with E-state index in [2.05, 4.69) is 47.4 Å². The molecule has 4 rings (SSSR count). The van der Waals surface area contributed by atoms with Gasteiger partial charge in [0, 0.05) is 82.5 Å². The number of carbonyl (C=O) groups excluding carboxylic acids is 2. The van der Waals surface area contributed by atoms with Crippen LogP contribution >= 0.6 is 0 Å². The van der Waals surface area contributed by atoms with E-state index in [0.29, 0.717) is 43.2 Å². The fourth-order valence-electron chi connectivity index (χ4n) is 5.44. The van der Waals surface area contributed by atoms with E-state index < -0.39 is 0 Å². The summed E-state index contributed by atoms with van der Waals surface area (Å²) in [5, 5.41) is 6.48. The molecule has 10 nitrogen and oxygen atoms in total. The van der Waals surface area contributed by atoms with E-state index >= 15 is 0 Å². The number of nitrogens with zero attached hydrogens (tertiary/aromatic N) is 3.